The number of methoxy groups -OCH3 is 1. The minimum absolute atomic E-state index is 0.0988. The van der Waals surface area contributed by atoms with Gasteiger partial charge in [0, 0.05) is 24.2 Å². The lowest BCUT2D eigenvalue weighted by Gasteiger charge is -2.07. The van der Waals surface area contributed by atoms with E-state index in [-0.39, 0.29) is 25.0 Å². The van der Waals surface area contributed by atoms with Crippen molar-refractivity contribution in [1.29, 1.82) is 0 Å². The van der Waals surface area contributed by atoms with Crippen molar-refractivity contribution in [2.45, 2.75) is 19.4 Å². The molecule has 1 heterocycles. The maximum atomic E-state index is 11.8. The number of nitrogens with one attached hydrogen (secondary N) is 1. The average molecular weight is 304 g/mol. The van der Waals surface area contributed by atoms with Crippen molar-refractivity contribution in [3.63, 3.8) is 0 Å². The first kappa shape index (κ1) is 15.6. The Morgan fingerprint density at radius 2 is 2.14 bits per heavy atom. The van der Waals surface area contributed by atoms with Crippen molar-refractivity contribution in [3.8, 4) is 11.5 Å². The first-order chi connectivity index (χ1) is 10.6. The maximum absolute atomic E-state index is 11.8. The Labute approximate surface area is 126 Å². The Balaban J connectivity index is 2.00. The van der Waals surface area contributed by atoms with Gasteiger partial charge in [0.15, 0.2) is 0 Å². The van der Waals surface area contributed by atoms with Crippen molar-refractivity contribution >= 4 is 5.97 Å². The molecule has 0 atom stereocenters. The molecule has 0 aliphatic carbocycles. The second kappa shape index (κ2) is 7.26. The van der Waals surface area contributed by atoms with Crippen LogP contribution in [0.25, 0.3) is 0 Å². The van der Waals surface area contributed by atoms with Gasteiger partial charge in [-0.05, 0) is 18.6 Å². The van der Waals surface area contributed by atoms with Crippen LogP contribution in [0.2, 0.25) is 0 Å². The normalized spacial score (nSPS) is 10.2. The fourth-order valence-electron chi connectivity index (χ4n) is 1.79. The number of carboxylic acid groups (broad SMARTS) is 1. The molecule has 0 amide bonds. The molecule has 0 spiro atoms. The number of H-pyrrole nitrogens is 1. The summed E-state index contributed by atoms with van der Waals surface area (Å²) in [5.74, 6) is 0.677. The molecule has 1 aromatic carbocycles. The zero-order chi connectivity index (χ0) is 15.9. The third kappa shape index (κ3) is 4.34. The molecule has 0 unspecified atom stereocenters. The van der Waals surface area contributed by atoms with E-state index in [1.807, 2.05) is 0 Å². The number of ether oxygens (including phenoxy) is 2. The Morgan fingerprint density at radius 3 is 2.82 bits per heavy atom. The summed E-state index contributed by atoms with van der Waals surface area (Å²) in [6.07, 6.45) is 1.42. The first-order valence-electron chi connectivity index (χ1n) is 6.64. The average Bonchev–Trinajstić information content (AvgIpc) is 2.52. The van der Waals surface area contributed by atoms with Crippen LogP contribution < -0.4 is 15.0 Å². The van der Waals surface area contributed by atoms with Crippen LogP contribution in [0.15, 0.2) is 35.3 Å². The van der Waals surface area contributed by atoms with Gasteiger partial charge in [-0.3, -0.25) is 9.59 Å². The standard InChI is InChI=1S/C15H16N2O5/c1-21-11-3-2-4-12(7-11)22-9-13-16-8-10(15(20)17-13)5-6-14(18)19/h2-4,7-8H,5-6,9H2,1H3,(H,18,19)(H,16,17,20). The van der Waals surface area contributed by atoms with E-state index in [2.05, 4.69) is 9.97 Å². The molecule has 2 N–H and O–H groups in total. The largest absolute Gasteiger partial charge is 0.497 e. The molecule has 7 heteroatoms. The Morgan fingerprint density at radius 1 is 1.36 bits per heavy atom. The number of carbonyl (C=O) groups is 1. The molecule has 0 bridgehead atoms. The number of aromatic amines is 1. The summed E-state index contributed by atoms with van der Waals surface area (Å²) in [7, 11) is 1.56. The molecule has 0 saturated carbocycles. The highest BCUT2D eigenvalue weighted by atomic mass is 16.5. The fourth-order valence-corrected chi connectivity index (χ4v) is 1.79. The molecule has 0 radical (unpaired) electrons. The molecule has 1 aromatic heterocycles. The lowest BCUT2D eigenvalue weighted by atomic mass is 10.2. The van der Waals surface area contributed by atoms with E-state index < -0.39 is 5.97 Å². The van der Waals surface area contributed by atoms with Gasteiger partial charge in [0.1, 0.15) is 23.9 Å². The zero-order valence-electron chi connectivity index (χ0n) is 12.0. The highest BCUT2D eigenvalue weighted by molar-refractivity contribution is 5.67. The number of aromatic nitrogens is 2. The molecular formula is C15H16N2O5. The van der Waals surface area contributed by atoms with E-state index in [0.717, 1.165) is 0 Å². The lowest BCUT2D eigenvalue weighted by Crippen LogP contribution is -2.18. The summed E-state index contributed by atoms with van der Waals surface area (Å²) in [6.45, 7) is 0.0988. The molecular weight excluding hydrogens is 288 g/mol. The van der Waals surface area contributed by atoms with Crippen LogP contribution in [-0.2, 0) is 17.8 Å². The van der Waals surface area contributed by atoms with Crippen molar-refractivity contribution in [2.75, 3.05) is 7.11 Å². The van der Waals surface area contributed by atoms with E-state index >= 15 is 0 Å². The predicted octanol–water partition coefficient (Wildman–Crippen LogP) is 1.37. The predicted molar refractivity (Wildman–Crippen MR) is 78.1 cm³/mol. The molecule has 7 nitrogen and oxygen atoms in total. The minimum atomic E-state index is -0.954. The second-order valence-corrected chi connectivity index (χ2v) is 4.55. The Bertz CT molecular complexity index is 711. The monoisotopic (exact) mass is 304 g/mol. The van der Waals surface area contributed by atoms with Crippen LogP contribution in [0.4, 0.5) is 0 Å². The fraction of sp³-hybridized carbons (Fsp3) is 0.267. The zero-order valence-corrected chi connectivity index (χ0v) is 12.0. The third-order valence-corrected chi connectivity index (χ3v) is 2.95. The van der Waals surface area contributed by atoms with Gasteiger partial charge in [-0.1, -0.05) is 6.07 Å². The molecule has 0 fully saturated rings. The van der Waals surface area contributed by atoms with Gasteiger partial charge in [0.2, 0.25) is 0 Å². The van der Waals surface area contributed by atoms with E-state index in [9.17, 15) is 9.59 Å². The van der Waals surface area contributed by atoms with Gasteiger partial charge >= 0.3 is 5.97 Å². The lowest BCUT2D eigenvalue weighted by molar-refractivity contribution is -0.136. The van der Waals surface area contributed by atoms with Gasteiger partial charge in [0.25, 0.3) is 5.56 Å². The molecule has 0 aliphatic heterocycles. The molecule has 2 aromatic rings. The highest BCUT2D eigenvalue weighted by Gasteiger charge is 2.06. The van der Waals surface area contributed by atoms with E-state index in [1.54, 1.807) is 31.4 Å². The van der Waals surface area contributed by atoms with E-state index in [1.165, 1.54) is 6.20 Å². The van der Waals surface area contributed by atoms with Crippen LogP contribution in [-0.4, -0.2) is 28.2 Å². The molecule has 0 aliphatic rings. The third-order valence-electron chi connectivity index (χ3n) is 2.95. The highest BCUT2D eigenvalue weighted by Crippen LogP contribution is 2.19. The van der Waals surface area contributed by atoms with Gasteiger partial charge in [0.05, 0.1) is 7.11 Å². The molecule has 22 heavy (non-hydrogen) atoms. The maximum Gasteiger partial charge on any atom is 0.303 e. The summed E-state index contributed by atoms with van der Waals surface area (Å²) in [6, 6.07) is 7.07. The number of nitrogens with zero attached hydrogens (tertiary/aromatic N) is 1. The van der Waals surface area contributed by atoms with Gasteiger partial charge in [-0.15, -0.1) is 0 Å². The molecule has 116 valence electrons. The minimum Gasteiger partial charge on any atom is -0.497 e. The Kier molecular flexibility index (Phi) is 5.13. The van der Waals surface area contributed by atoms with E-state index in [4.69, 9.17) is 14.6 Å². The van der Waals surface area contributed by atoms with E-state index in [0.29, 0.717) is 22.9 Å². The summed E-state index contributed by atoms with van der Waals surface area (Å²) < 4.78 is 10.6. The number of hydrogen-bond acceptors (Lipinski definition) is 5. The van der Waals surface area contributed by atoms with Crippen molar-refractivity contribution < 1.29 is 19.4 Å². The second-order valence-electron chi connectivity index (χ2n) is 4.55. The van der Waals surface area contributed by atoms with Crippen LogP contribution in [0.1, 0.15) is 17.8 Å². The van der Waals surface area contributed by atoms with Gasteiger partial charge in [-0.2, -0.15) is 0 Å². The van der Waals surface area contributed by atoms with Crippen LogP contribution >= 0.6 is 0 Å². The number of aliphatic carboxylic acids is 1. The number of hydrogen-bond donors (Lipinski definition) is 2. The summed E-state index contributed by atoms with van der Waals surface area (Å²) in [5, 5.41) is 8.61. The van der Waals surface area contributed by atoms with Crippen molar-refractivity contribution in [3.05, 3.63) is 52.2 Å². The quantitative estimate of drug-likeness (QED) is 0.801. The summed E-state index contributed by atoms with van der Waals surface area (Å²) in [5.41, 5.74) is -0.00646. The van der Waals surface area contributed by atoms with Crippen LogP contribution in [0, 0.1) is 0 Å². The van der Waals surface area contributed by atoms with Crippen LogP contribution in [0.3, 0.4) is 0 Å². The SMILES string of the molecule is COc1cccc(OCc2ncc(CCC(=O)O)c(=O)[nH]2)c1. The summed E-state index contributed by atoms with van der Waals surface area (Å²) >= 11 is 0. The Hall–Kier alpha value is -2.83. The first-order valence-corrected chi connectivity index (χ1v) is 6.64. The van der Waals surface area contributed by atoms with Gasteiger partial charge in [-0.25, -0.2) is 4.98 Å². The van der Waals surface area contributed by atoms with Gasteiger partial charge < -0.3 is 19.6 Å². The topological polar surface area (TPSA) is 102 Å². The number of rotatable bonds is 7. The van der Waals surface area contributed by atoms with Crippen molar-refractivity contribution in [1.82, 2.24) is 9.97 Å². The number of aryl methyl sites for hydroxylation is 1. The van der Waals surface area contributed by atoms with Crippen molar-refractivity contribution in [2.24, 2.45) is 0 Å². The van der Waals surface area contributed by atoms with Crippen LogP contribution in [0.5, 0.6) is 11.5 Å². The number of carboxylic acids is 1. The molecule has 2 rings (SSSR count). The summed E-state index contributed by atoms with van der Waals surface area (Å²) in [4.78, 5) is 29.0. The number of benzene rings is 1. The smallest absolute Gasteiger partial charge is 0.303 e. The molecule has 0 saturated heterocycles.